The molecule has 120 valence electrons. The molecule has 0 aliphatic rings. The van der Waals surface area contributed by atoms with Crippen molar-refractivity contribution in [2.45, 2.75) is 13.8 Å². The molecule has 0 fully saturated rings. The van der Waals surface area contributed by atoms with E-state index in [1.54, 1.807) is 49.0 Å². The Balaban J connectivity index is 2.02. The van der Waals surface area contributed by atoms with Crippen molar-refractivity contribution in [3.8, 4) is 12.0 Å². The lowest BCUT2D eigenvalue weighted by atomic mass is 10.1. The number of anilines is 1. The second-order valence-electron chi connectivity index (χ2n) is 5.33. The summed E-state index contributed by atoms with van der Waals surface area (Å²) in [5.41, 5.74) is 1.35. The largest absolute Gasteiger partial charge is 0.443 e. The summed E-state index contributed by atoms with van der Waals surface area (Å²) in [5.74, 6) is -0.365. The number of nitrogens with zero attached hydrogens (tertiary/aromatic N) is 2. The highest BCUT2D eigenvalue weighted by Crippen LogP contribution is 2.27. The number of hydrogen-bond donors (Lipinski definition) is 1. The van der Waals surface area contributed by atoms with Crippen LogP contribution in [0, 0.1) is 31.0 Å². The van der Waals surface area contributed by atoms with Crippen molar-refractivity contribution in [1.82, 2.24) is 4.57 Å². The molecule has 0 saturated carbocycles. The quantitative estimate of drug-likeness (QED) is 0.793. The van der Waals surface area contributed by atoms with Crippen LogP contribution in [0.15, 0.2) is 47.1 Å². The first-order valence-electron chi connectivity index (χ1n) is 7.25. The highest BCUT2D eigenvalue weighted by Gasteiger charge is 2.24. The minimum absolute atomic E-state index is 0.134. The molecule has 2 aromatic heterocycles. The Bertz CT molecular complexity index is 950. The van der Waals surface area contributed by atoms with E-state index in [-0.39, 0.29) is 17.0 Å². The van der Waals surface area contributed by atoms with E-state index in [4.69, 9.17) is 4.42 Å². The van der Waals surface area contributed by atoms with E-state index in [1.165, 1.54) is 12.1 Å². The second-order valence-corrected chi connectivity index (χ2v) is 5.33. The van der Waals surface area contributed by atoms with E-state index in [0.29, 0.717) is 11.4 Å². The van der Waals surface area contributed by atoms with E-state index in [0.717, 1.165) is 5.56 Å². The van der Waals surface area contributed by atoms with E-state index in [2.05, 4.69) is 5.32 Å². The number of furan rings is 1. The Labute approximate surface area is 137 Å². The van der Waals surface area contributed by atoms with Gasteiger partial charge in [-0.05, 0) is 43.7 Å². The molecule has 0 aliphatic carbocycles. The van der Waals surface area contributed by atoms with Gasteiger partial charge in [0.2, 0.25) is 5.88 Å². The van der Waals surface area contributed by atoms with Gasteiger partial charge in [-0.25, -0.2) is 4.39 Å². The van der Waals surface area contributed by atoms with Crippen LogP contribution in [0.3, 0.4) is 0 Å². The molecule has 5 nitrogen and oxygen atoms in total. The molecule has 1 amide bonds. The van der Waals surface area contributed by atoms with Crippen molar-refractivity contribution < 1.29 is 13.6 Å². The van der Waals surface area contributed by atoms with Gasteiger partial charge in [-0.3, -0.25) is 9.36 Å². The first-order valence-corrected chi connectivity index (χ1v) is 7.25. The van der Waals surface area contributed by atoms with Gasteiger partial charge >= 0.3 is 0 Å². The highest BCUT2D eigenvalue weighted by atomic mass is 19.1. The molecule has 1 N–H and O–H groups in total. The van der Waals surface area contributed by atoms with Crippen LogP contribution in [0.4, 0.5) is 10.1 Å². The maximum Gasteiger partial charge on any atom is 0.260 e. The summed E-state index contributed by atoms with van der Waals surface area (Å²) in [6.45, 7) is 3.37. The van der Waals surface area contributed by atoms with Gasteiger partial charge in [0.1, 0.15) is 28.8 Å². The Morgan fingerprint density at radius 3 is 2.67 bits per heavy atom. The van der Waals surface area contributed by atoms with Crippen molar-refractivity contribution >= 4 is 11.6 Å². The van der Waals surface area contributed by atoms with E-state index in [1.807, 2.05) is 6.07 Å². The van der Waals surface area contributed by atoms with Crippen LogP contribution in [0.1, 0.15) is 27.2 Å². The molecule has 6 heteroatoms. The van der Waals surface area contributed by atoms with Crippen LogP contribution in [0.2, 0.25) is 0 Å². The third-order valence-electron chi connectivity index (χ3n) is 3.69. The SMILES string of the molecule is Cc1ccc(F)cc1NC(=O)c1c(C)oc(-n2cccc2)c1C#N. The third-order valence-corrected chi connectivity index (χ3v) is 3.69. The van der Waals surface area contributed by atoms with Gasteiger partial charge < -0.3 is 9.73 Å². The molecule has 0 aliphatic heterocycles. The number of nitrogens with one attached hydrogen (secondary N) is 1. The van der Waals surface area contributed by atoms with Crippen molar-refractivity contribution in [3.63, 3.8) is 0 Å². The summed E-state index contributed by atoms with van der Waals surface area (Å²) in [5, 5.41) is 12.1. The molecule has 0 unspecified atom stereocenters. The fraction of sp³-hybridized carbons (Fsp3) is 0.111. The zero-order valence-corrected chi connectivity index (χ0v) is 13.1. The molecule has 3 rings (SSSR count). The zero-order chi connectivity index (χ0) is 17.3. The van der Waals surface area contributed by atoms with Crippen molar-refractivity contribution in [3.05, 3.63) is 71.0 Å². The standard InChI is InChI=1S/C18H14FN3O2/c1-11-5-6-13(19)9-15(11)21-17(23)16-12(2)24-18(14(16)10-20)22-7-3-4-8-22/h3-9H,1-2H3,(H,21,23). The summed E-state index contributed by atoms with van der Waals surface area (Å²) in [6.07, 6.45) is 3.44. The third kappa shape index (κ3) is 2.68. The molecule has 3 aromatic rings. The summed E-state index contributed by atoms with van der Waals surface area (Å²) in [4.78, 5) is 12.6. The van der Waals surface area contributed by atoms with Crippen LogP contribution < -0.4 is 5.32 Å². The van der Waals surface area contributed by atoms with Crippen LogP contribution in [0.5, 0.6) is 0 Å². The van der Waals surface area contributed by atoms with Crippen molar-refractivity contribution in [2.75, 3.05) is 5.32 Å². The second kappa shape index (κ2) is 6.05. The molecule has 2 heterocycles. The lowest BCUT2D eigenvalue weighted by Gasteiger charge is -2.08. The van der Waals surface area contributed by atoms with Crippen LogP contribution in [-0.2, 0) is 0 Å². The molecular formula is C18H14FN3O2. The number of aryl methyl sites for hydroxylation is 2. The fourth-order valence-corrected chi connectivity index (χ4v) is 2.47. The minimum atomic E-state index is -0.514. The van der Waals surface area contributed by atoms with Crippen molar-refractivity contribution in [2.24, 2.45) is 0 Å². The van der Waals surface area contributed by atoms with Gasteiger partial charge in [0, 0.05) is 18.1 Å². The number of amides is 1. The number of nitriles is 1. The van der Waals surface area contributed by atoms with Gasteiger partial charge in [0.05, 0.1) is 0 Å². The Morgan fingerprint density at radius 1 is 1.29 bits per heavy atom. The number of carbonyl (C=O) groups is 1. The lowest BCUT2D eigenvalue weighted by Crippen LogP contribution is -2.15. The molecule has 0 spiro atoms. The summed E-state index contributed by atoms with van der Waals surface area (Å²) < 4.78 is 20.6. The predicted molar refractivity (Wildman–Crippen MR) is 86.6 cm³/mol. The van der Waals surface area contributed by atoms with E-state index in [9.17, 15) is 14.4 Å². The molecule has 0 atom stereocenters. The summed E-state index contributed by atoms with van der Waals surface area (Å²) in [6, 6.07) is 9.72. The van der Waals surface area contributed by atoms with Crippen LogP contribution >= 0.6 is 0 Å². The fourth-order valence-electron chi connectivity index (χ4n) is 2.47. The first-order chi connectivity index (χ1) is 11.5. The number of rotatable bonds is 3. The molecule has 1 aromatic carbocycles. The van der Waals surface area contributed by atoms with Crippen LogP contribution in [-0.4, -0.2) is 10.5 Å². The molecule has 0 bridgehead atoms. The zero-order valence-electron chi connectivity index (χ0n) is 13.1. The Kier molecular flexibility index (Phi) is 3.92. The van der Waals surface area contributed by atoms with Gasteiger partial charge in [0.25, 0.3) is 5.91 Å². The molecular weight excluding hydrogens is 309 g/mol. The molecule has 0 saturated heterocycles. The lowest BCUT2D eigenvalue weighted by molar-refractivity contribution is 0.102. The van der Waals surface area contributed by atoms with E-state index < -0.39 is 11.7 Å². The number of benzene rings is 1. The van der Waals surface area contributed by atoms with Crippen molar-refractivity contribution in [1.29, 1.82) is 5.26 Å². The summed E-state index contributed by atoms with van der Waals surface area (Å²) in [7, 11) is 0. The monoisotopic (exact) mass is 323 g/mol. The first kappa shape index (κ1) is 15.6. The number of halogens is 1. The topological polar surface area (TPSA) is 71.0 Å². The Morgan fingerprint density at radius 2 is 2.00 bits per heavy atom. The maximum atomic E-state index is 13.4. The van der Waals surface area contributed by atoms with Gasteiger partial charge in [0.15, 0.2) is 0 Å². The number of hydrogen-bond acceptors (Lipinski definition) is 3. The highest BCUT2D eigenvalue weighted by molar-refractivity contribution is 6.07. The number of carbonyl (C=O) groups excluding carboxylic acids is 1. The van der Waals surface area contributed by atoms with Gasteiger partial charge in [-0.15, -0.1) is 0 Å². The molecule has 24 heavy (non-hydrogen) atoms. The normalized spacial score (nSPS) is 10.4. The average molecular weight is 323 g/mol. The predicted octanol–water partition coefficient (Wildman–Crippen LogP) is 3.95. The Hall–Kier alpha value is -3.33. The average Bonchev–Trinajstić information content (AvgIpc) is 3.17. The minimum Gasteiger partial charge on any atom is -0.443 e. The van der Waals surface area contributed by atoms with Gasteiger partial charge in [-0.1, -0.05) is 6.07 Å². The summed E-state index contributed by atoms with van der Waals surface area (Å²) >= 11 is 0. The van der Waals surface area contributed by atoms with E-state index >= 15 is 0 Å². The smallest absolute Gasteiger partial charge is 0.260 e. The molecule has 0 radical (unpaired) electrons. The van der Waals surface area contributed by atoms with Crippen LogP contribution in [0.25, 0.3) is 5.88 Å². The van der Waals surface area contributed by atoms with Gasteiger partial charge in [-0.2, -0.15) is 5.26 Å². The maximum absolute atomic E-state index is 13.4. The number of aromatic nitrogens is 1.